The van der Waals surface area contributed by atoms with Crippen molar-refractivity contribution in [3.05, 3.63) is 35.1 Å². The van der Waals surface area contributed by atoms with E-state index < -0.39 is 0 Å². The minimum Gasteiger partial charge on any atom is -0.206 e. The van der Waals surface area contributed by atoms with Crippen molar-refractivity contribution in [1.82, 2.24) is 0 Å². The largest absolute Gasteiger partial charge is 0.206 e. The van der Waals surface area contributed by atoms with E-state index in [4.69, 9.17) is 0 Å². The molecule has 0 saturated heterocycles. The number of halogens is 1. The predicted molar refractivity (Wildman–Crippen MR) is 89.2 cm³/mol. The van der Waals surface area contributed by atoms with E-state index in [9.17, 15) is 9.65 Å². The summed E-state index contributed by atoms with van der Waals surface area (Å²) in [6.45, 7) is 2.25. The van der Waals surface area contributed by atoms with Crippen LogP contribution >= 0.6 is 0 Å². The molecule has 0 N–H and O–H groups in total. The molecule has 1 aliphatic carbocycles. The number of nitrogens with zero attached hydrogens (tertiary/aromatic N) is 1. The first kappa shape index (κ1) is 17.0. The molecule has 1 aliphatic rings. The average Bonchev–Trinajstić information content (AvgIpc) is 2.55. The number of hydrogen-bond acceptors (Lipinski definition) is 1. The van der Waals surface area contributed by atoms with Crippen LogP contribution in [0.4, 0.5) is 4.39 Å². The molecule has 0 aliphatic heterocycles. The fourth-order valence-corrected chi connectivity index (χ4v) is 3.80. The Bertz CT molecular complexity index is 495. The molecule has 2 heteroatoms. The van der Waals surface area contributed by atoms with Gasteiger partial charge in [-0.2, -0.15) is 5.26 Å². The van der Waals surface area contributed by atoms with E-state index in [1.807, 2.05) is 6.07 Å². The Hall–Kier alpha value is -1.36. The lowest BCUT2D eigenvalue weighted by Gasteiger charge is -2.29. The van der Waals surface area contributed by atoms with E-state index in [0.29, 0.717) is 5.92 Å². The molecular weight excluding hydrogens is 273 g/mol. The van der Waals surface area contributed by atoms with Crippen LogP contribution in [0.2, 0.25) is 0 Å². The van der Waals surface area contributed by atoms with E-state index in [1.54, 1.807) is 6.07 Å². The molecule has 0 aromatic heterocycles. The van der Waals surface area contributed by atoms with Crippen LogP contribution in [0.3, 0.4) is 0 Å². The van der Waals surface area contributed by atoms with Gasteiger partial charge in [0.15, 0.2) is 0 Å². The normalized spacial score (nSPS) is 21.5. The lowest BCUT2D eigenvalue weighted by Crippen LogP contribution is -2.14. The first-order chi connectivity index (χ1) is 10.8. The van der Waals surface area contributed by atoms with E-state index in [-0.39, 0.29) is 11.4 Å². The van der Waals surface area contributed by atoms with Gasteiger partial charge in [-0.25, -0.2) is 4.39 Å². The van der Waals surface area contributed by atoms with Crippen molar-refractivity contribution >= 4 is 0 Å². The molecule has 0 spiro atoms. The van der Waals surface area contributed by atoms with Crippen molar-refractivity contribution in [2.75, 3.05) is 0 Å². The zero-order valence-corrected chi connectivity index (χ0v) is 13.8. The molecule has 0 unspecified atom stereocenters. The van der Waals surface area contributed by atoms with Crippen LogP contribution in [0, 0.1) is 23.1 Å². The van der Waals surface area contributed by atoms with Crippen LogP contribution in [-0.2, 0) is 0 Å². The fourth-order valence-electron chi connectivity index (χ4n) is 3.80. The lowest BCUT2D eigenvalue weighted by atomic mass is 9.76. The highest BCUT2D eigenvalue weighted by Crippen LogP contribution is 2.39. The third-order valence-corrected chi connectivity index (χ3v) is 5.16. The van der Waals surface area contributed by atoms with Crippen molar-refractivity contribution in [2.45, 2.75) is 77.0 Å². The highest BCUT2D eigenvalue weighted by molar-refractivity contribution is 5.41. The summed E-state index contributed by atoms with van der Waals surface area (Å²) in [5, 5.41) is 9.18. The van der Waals surface area contributed by atoms with Gasteiger partial charge >= 0.3 is 0 Å². The van der Waals surface area contributed by atoms with Crippen molar-refractivity contribution in [3.63, 3.8) is 0 Å². The molecule has 120 valence electrons. The van der Waals surface area contributed by atoms with Gasteiger partial charge < -0.3 is 0 Å². The number of hydrogen-bond donors (Lipinski definition) is 0. The summed E-state index contributed by atoms with van der Waals surface area (Å²) in [7, 11) is 0. The Morgan fingerprint density at radius 2 is 1.82 bits per heavy atom. The van der Waals surface area contributed by atoms with Crippen molar-refractivity contribution in [1.29, 1.82) is 5.26 Å². The van der Waals surface area contributed by atoms with Crippen LogP contribution in [0.5, 0.6) is 0 Å². The SMILES string of the molecule is CCCCCCC[C@H]1CC[C@H](c2cccc(F)c2C#N)CC1. The van der Waals surface area contributed by atoms with Crippen LogP contribution in [0.15, 0.2) is 18.2 Å². The standard InChI is InChI=1S/C20H28FN/c1-2-3-4-5-6-8-16-11-13-17(14-12-16)18-9-7-10-20(21)19(18)15-22/h7,9-10,16-17H,2-6,8,11-14H2,1H3/t16-,17-. The van der Waals surface area contributed by atoms with Crippen molar-refractivity contribution in [2.24, 2.45) is 5.92 Å². The van der Waals surface area contributed by atoms with Gasteiger partial charge in [0.1, 0.15) is 11.9 Å². The Morgan fingerprint density at radius 3 is 2.50 bits per heavy atom. The van der Waals surface area contributed by atoms with E-state index in [0.717, 1.165) is 24.3 Å². The number of nitriles is 1. The van der Waals surface area contributed by atoms with Gasteiger partial charge in [0.2, 0.25) is 0 Å². The van der Waals surface area contributed by atoms with Crippen molar-refractivity contribution in [3.8, 4) is 6.07 Å². The second-order valence-electron chi connectivity index (χ2n) is 6.74. The van der Waals surface area contributed by atoms with Gasteiger partial charge in [0.05, 0.1) is 5.56 Å². The van der Waals surface area contributed by atoms with Gasteiger partial charge in [-0.05, 0) is 49.1 Å². The van der Waals surface area contributed by atoms with Gasteiger partial charge in [0, 0.05) is 0 Å². The Kier molecular flexibility index (Phi) is 6.90. The second-order valence-corrected chi connectivity index (χ2v) is 6.74. The molecule has 1 nitrogen and oxygen atoms in total. The maximum atomic E-state index is 13.7. The fraction of sp³-hybridized carbons (Fsp3) is 0.650. The van der Waals surface area contributed by atoms with E-state index >= 15 is 0 Å². The maximum Gasteiger partial charge on any atom is 0.141 e. The second kappa shape index (κ2) is 8.93. The lowest BCUT2D eigenvalue weighted by molar-refractivity contribution is 0.301. The molecule has 0 heterocycles. The Morgan fingerprint density at radius 1 is 1.09 bits per heavy atom. The Balaban J connectivity index is 1.80. The van der Waals surface area contributed by atoms with Gasteiger partial charge in [-0.15, -0.1) is 0 Å². The third kappa shape index (κ3) is 4.57. The van der Waals surface area contributed by atoms with Gasteiger partial charge in [-0.1, -0.05) is 57.6 Å². The quantitative estimate of drug-likeness (QED) is 0.540. The summed E-state index contributed by atoms with van der Waals surface area (Å²) in [6, 6.07) is 7.13. The first-order valence-electron chi connectivity index (χ1n) is 8.94. The monoisotopic (exact) mass is 301 g/mol. The minimum absolute atomic E-state index is 0.269. The molecule has 0 radical (unpaired) electrons. The van der Waals surface area contributed by atoms with Gasteiger partial charge in [-0.3, -0.25) is 0 Å². The van der Waals surface area contributed by atoms with Gasteiger partial charge in [0.25, 0.3) is 0 Å². The predicted octanol–water partition coefficient (Wildman–Crippen LogP) is 6.33. The summed E-state index contributed by atoms with van der Waals surface area (Å²) in [5.41, 5.74) is 1.20. The molecule has 22 heavy (non-hydrogen) atoms. The van der Waals surface area contributed by atoms with Crippen LogP contribution in [-0.4, -0.2) is 0 Å². The minimum atomic E-state index is -0.363. The molecule has 0 bridgehead atoms. The molecule has 2 rings (SSSR count). The summed E-state index contributed by atoms with van der Waals surface area (Å²) >= 11 is 0. The number of benzene rings is 1. The number of unbranched alkanes of at least 4 members (excludes halogenated alkanes) is 4. The average molecular weight is 301 g/mol. The first-order valence-corrected chi connectivity index (χ1v) is 8.94. The molecule has 1 saturated carbocycles. The summed E-state index contributed by atoms with van der Waals surface area (Å²) in [4.78, 5) is 0. The zero-order valence-electron chi connectivity index (χ0n) is 13.8. The smallest absolute Gasteiger partial charge is 0.141 e. The Labute approximate surface area is 134 Å². The molecular formula is C20H28FN. The highest BCUT2D eigenvalue weighted by Gasteiger charge is 2.24. The molecule has 0 atom stereocenters. The molecule has 1 aromatic carbocycles. The topological polar surface area (TPSA) is 23.8 Å². The van der Waals surface area contributed by atoms with E-state index in [2.05, 4.69) is 13.0 Å². The van der Waals surface area contributed by atoms with Crippen molar-refractivity contribution < 1.29 is 4.39 Å². The summed E-state index contributed by atoms with van der Waals surface area (Å²) in [6.07, 6.45) is 12.8. The van der Waals surface area contributed by atoms with Crippen LogP contribution in [0.25, 0.3) is 0 Å². The maximum absolute atomic E-state index is 13.7. The van der Waals surface area contributed by atoms with Crippen LogP contribution < -0.4 is 0 Å². The third-order valence-electron chi connectivity index (χ3n) is 5.16. The molecule has 1 fully saturated rings. The summed E-state index contributed by atoms with van der Waals surface area (Å²) in [5.74, 6) is 0.858. The number of rotatable bonds is 7. The molecule has 0 amide bonds. The summed E-state index contributed by atoms with van der Waals surface area (Å²) < 4.78 is 13.7. The molecule has 1 aromatic rings. The zero-order chi connectivity index (χ0) is 15.8. The van der Waals surface area contributed by atoms with Crippen LogP contribution in [0.1, 0.15) is 88.2 Å². The highest BCUT2D eigenvalue weighted by atomic mass is 19.1. The van der Waals surface area contributed by atoms with E-state index in [1.165, 1.54) is 57.4 Å².